The minimum absolute atomic E-state index is 0.0946. The molecule has 7 heteroatoms. The van der Waals surface area contributed by atoms with Crippen molar-refractivity contribution in [3.8, 4) is 0 Å². The van der Waals surface area contributed by atoms with Crippen molar-refractivity contribution in [1.82, 2.24) is 20.6 Å². The van der Waals surface area contributed by atoms with Crippen LogP contribution in [0.2, 0.25) is 0 Å². The van der Waals surface area contributed by atoms with Crippen LogP contribution in [0.15, 0.2) is 36.0 Å². The second kappa shape index (κ2) is 7.22. The van der Waals surface area contributed by atoms with E-state index in [4.69, 9.17) is 0 Å². The molecule has 2 amide bonds. The topological polar surface area (TPSA) is 70.2 Å². The molecule has 0 bridgehead atoms. The highest BCUT2D eigenvalue weighted by atomic mass is 32.1. The van der Waals surface area contributed by atoms with Crippen LogP contribution in [0.3, 0.4) is 0 Å². The van der Waals surface area contributed by atoms with E-state index < -0.39 is 0 Å². The molecule has 1 fully saturated rings. The molecule has 1 aliphatic rings. The van der Waals surface area contributed by atoms with Gasteiger partial charge in [-0.25, -0.2) is 14.8 Å². The van der Waals surface area contributed by atoms with Crippen LogP contribution in [-0.4, -0.2) is 35.1 Å². The Labute approximate surface area is 133 Å². The number of rotatable bonds is 4. The van der Waals surface area contributed by atoms with Crippen LogP contribution in [0.5, 0.6) is 0 Å². The monoisotopic (exact) mass is 317 g/mol. The smallest absolute Gasteiger partial charge is 0.315 e. The molecule has 0 atom stereocenters. The summed E-state index contributed by atoms with van der Waals surface area (Å²) in [4.78, 5) is 23.7. The molecule has 22 heavy (non-hydrogen) atoms. The first-order valence-corrected chi connectivity index (χ1v) is 8.28. The van der Waals surface area contributed by atoms with Gasteiger partial charge in [0, 0.05) is 36.4 Å². The van der Waals surface area contributed by atoms with Gasteiger partial charge in [-0.2, -0.15) is 0 Å². The van der Waals surface area contributed by atoms with Crippen molar-refractivity contribution in [3.05, 3.63) is 40.8 Å². The van der Waals surface area contributed by atoms with E-state index in [1.165, 1.54) is 0 Å². The Balaban J connectivity index is 1.41. The first kappa shape index (κ1) is 14.8. The van der Waals surface area contributed by atoms with E-state index in [2.05, 4.69) is 25.5 Å². The maximum Gasteiger partial charge on any atom is 0.315 e. The van der Waals surface area contributed by atoms with Gasteiger partial charge in [-0.05, 0) is 30.4 Å². The summed E-state index contributed by atoms with van der Waals surface area (Å²) in [5.74, 6) is 0.767. The van der Waals surface area contributed by atoms with Crippen molar-refractivity contribution in [3.63, 3.8) is 0 Å². The number of piperidine rings is 1. The Morgan fingerprint density at radius 2 is 2.05 bits per heavy atom. The third-order valence-corrected chi connectivity index (χ3v) is 4.54. The molecule has 2 N–H and O–H groups in total. The third kappa shape index (κ3) is 3.94. The molecule has 0 radical (unpaired) electrons. The van der Waals surface area contributed by atoms with Gasteiger partial charge in [-0.3, -0.25) is 0 Å². The Morgan fingerprint density at radius 3 is 2.73 bits per heavy atom. The van der Waals surface area contributed by atoms with Gasteiger partial charge in [-0.15, -0.1) is 11.3 Å². The normalized spacial score (nSPS) is 15.5. The van der Waals surface area contributed by atoms with Crippen molar-refractivity contribution in [2.24, 2.45) is 0 Å². The van der Waals surface area contributed by atoms with Gasteiger partial charge in [0.15, 0.2) is 0 Å². The van der Waals surface area contributed by atoms with Gasteiger partial charge in [0.1, 0.15) is 0 Å². The highest BCUT2D eigenvalue weighted by molar-refractivity contribution is 7.09. The largest absolute Gasteiger partial charge is 0.341 e. The van der Waals surface area contributed by atoms with E-state index in [-0.39, 0.29) is 12.1 Å². The molecule has 3 heterocycles. The summed E-state index contributed by atoms with van der Waals surface area (Å²) in [6.07, 6.45) is 5.32. The molecule has 3 rings (SSSR count). The second-order valence-electron chi connectivity index (χ2n) is 5.22. The Bertz CT molecular complexity index is 581. The van der Waals surface area contributed by atoms with Crippen LogP contribution in [0.1, 0.15) is 17.7 Å². The summed E-state index contributed by atoms with van der Waals surface area (Å²) in [5.41, 5.74) is 0. The summed E-state index contributed by atoms with van der Waals surface area (Å²) < 4.78 is 0. The highest BCUT2D eigenvalue weighted by Gasteiger charge is 2.21. The molecule has 6 nitrogen and oxygen atoms in total. The van der Waals surface area contributed by atoms with E-state index >= 15 is 0 Å². The molecule has 0 aromatic carbocycles. The first-order valence-electron chi connectivity index (χ1n) is 7.40. The molecule has 0 saturated carbocycles. The van der Waals surface area contributed by atoms with Gasteiger partial charge in [0.05, 0.1) is 6.54 Å². The number of amides is 2. The first-order chi connectivity index (χ1) is 10.8. The maximum atomic E-state index is 11.9. The number of hydrogen-bond acceptors (Lipinski definition) is 5. The van der Waals surface area contributed by atoms with E-state index in [1.807, 2.05) is 23.6 Å². The number of nitrogens with one attached hydrogen (secondary N) is 2. The van der Waals surface area contributed by atoms with E-state index in [0.29, 0.717) is 6.54 Å². The van der Waals surface area contributed by atoms with Gasteiger partial charge >= 0.3 is 6.03 Å². The number of thiophene rings is 1. The fourth-order valence-electron chi connectivity index (χ4n) is 2.50. The van der Waals surface area contributed by atoms with Crippen molar-refractivity contribution in [2.75, 3.05) is 18.0 Å². The molecule has 1 saturated heterocycles. The lowest BCUT2D eigenvalue weighted by Crippen LogP contribution is -2.48. The van der Waals surface area contributed by atoms with Crippen molar-refractivity contribution < 1.29 is 4.79 Å². The number of urea groups is 1. The lowest BCUT2D eigenvalue weighted by atomic mass is 10.1. The lowest BCUT2D eigenvalue weighted by molar-refractivity contribution is 0.234. The van der Waals surface area contributed by atoms with Crippen LogP contribution in [-0.2, 0) is 6.54 Å². The summed E-state index contributed by atoms with van der Waals surface area (Å²) in [7, 11) is 0. The second-order valence-corrected chi connectivity index (χ2v) is 6.25. The predicted molar refractivity (Wildman–Crippen MR) is 87.0 cm³/mol. The summed E-state index contributed by atoms with van der Waals surface area (Å²) >= 11 is 1.65. The van der Waals surface area contributed by atoms with E-state index in [1.54, 1.807) is 23.7 Å². The van der Waals surface area contributed by atoms with Crippen molar-refractivity contribution in [1.29, 1.82) is 0 Å². The number of anilines is 1. The zero-order valence-electron chi connectivity index (χ0n) is 12.2. The molecule has 1 aliphatic heterocycles. The molecule has 0 aliphatic carbocycles. The fourth-order valence-corrected chi connectivity index (χ4v) is 3.14. The number of carbonyl (C=O) groups excluding carboxylic acids is 1. The highest BCUT2D eigenvalue weighted by Crippen LogP contribution is 2.15. The number of nitrogens with zero attached hydrogens (tertiary/aromatic N) is 3. The SMILES string of the molecule is O=C(NCc1cccs1)NC1CCN(c2ncccn2)CC1. The summed E-state index contributed by atoms with van der Waals surface area (Å²) in [5, 5.41) is 7.95. The average molecular weight is 317 g/mol. The average Bonchev–Trinajstić information content (AvgIpc) is 3.08. The standard InChI is InChI=1S/C15H19N5OS/c21-15(18-11-13-3-1-10-22-13)19-12-4-8-20(9-5-12)14-16-6-2-7-17-14/h1-3,6-7,10,12H,4-5,8-9,11H2,(H2,18,19,21). The Hall–Kier alpha value is -2.15. The van der Waals surface area contributed by atoms with Crippen molar-refractivity contribution in [2.45, 2.75) is 25.4 Å². The minimum atomic E-state index is -0.0946. The molecule has 2 aromatic heterocycles. The summed E-state index contributed by atoms with van der Waals surface area (Å²) in [6, 6.07) is 5.94. The van der Waals surface area contributed by atoms with Gasteiger partial charge in [0.2, 0.25) is 5.95 Å². The molecule has 0 unspecified atom stereocenters. The Kier molecular flexibility index (Phi) is 4.85. The molecule has 0 spiro atoms. The lowest BCUT2D eigenvalue weighted by Gasteiger charge is -2.32. The predicted octanol–water partition coefficient (Wildman–Crippen LogP) is 2.01. The van der Waals surface area contributed by atoms with Crippen LogP contribution >= 0.6 is 11.3 Å². The number of carbonyl (C=O) groups is 1. The van der Waals surface area contributed by atoms with Crippen LogP contribution < -0.4 is 15.5 Å². The van der Waals surface area contributed by atoms with E-state index in [9.17, 15) is 4.79 Å². The molecule has 116 valence electrons. The Morgan fingerprint density at radius 1 is 1.27 bits per heavy atom. The fraction of sp³-hybridized carbons (Fsp3) is 0.400. The summed E-state index contributed by atoms with van der Waals surface area (Å²) in [6.45, 7) is 2.31. The van der Waals surface area contributed by atoms with E-state index in [0.717, 1.165) is 36.8 Å². The van der Waals surface area contributed by atoms with Crippen molar-refractivity contribution >= 4 is 23.3 Å². The quantitative estimate of drug-likeness (QED) is 0.905. The zero-order chi connectivity index (χ0) is 15.2. The minimum Gasteiger partial charge on any atom is -0.341 e. The molecular weight excluding hydrogens is 298 g/mol. The zero-order valence-corrected chi connectivity index (χ0v) is 13.1. The van der Waals surface area contributed by atoms with Crippen LogP contribution in [0.25, 0.3) is 0 Å². The van der Waals surface area contributed by atoms with Gasteiger partial charge < -0.3 is 15.5 Å². The number of aromatic nitrogens is 2. The third-order valence-electron chi connectivity index (χ3n) is 3.67. The molecular formula is C15H19N5OS. The number of hydrogen-bond donors (Lipinski definition) is 2. The van der Waals surface area contributed by atoms with Crippen LogP contribution in [0, 0.1) is 0 Å². The molecule has 2 aromatic rings. The van der Waals surface area contributed by atoms with Gasteiger partial charge in [-0.1, -0.05) is 6.07 Å². The maximum absolute atomic E-state index is 11.9. The van der Waals surface area contributed by atoms with Crippen LogP contribution in [0.4, 0.5) is 10.7 Å². The van der Waals surface area contributed by atoms with Gasteiger partial charge in [0.25, 0.3) is 0 Å².